The zero-order valence-electron chi connectivity index (χ0n) is 11.6. The monoisotopic (exact) mass is 296 g/mol. The number of amides is 1. The number of carbonyl (C=O) groups is 2. The van der Waals surface area contributed by atoms with Crippen LogP contribution in [0.25, 0.3) is 16.9 Å². The Kier molecular flexibility index (Phi) is 3.30. The first-order valence-electron chi connectivity index (χ1n) is 6.50. The van der Waals surface area contributed by atoms with Gasteiger partial charge in [0, 0.05) is 36.6 Å². The fraction of sp³-hybridized carbons (Fsp3) is 0.0667. The van der Waals surface area contributed by atoms with E-state index >= 15 is 0 Å². The number of carboxylic acid groups (broad SMARTS) is 1. The van der Waals surface area contributed by atoms with Crippen molar-refractivity contribution in [3.05, 3.63) is 48.3 Å². The maximum Gasteiger partial charge on any atom is 0.338 e. The molecule has 0 aliphatic carbocycles. The molecule has 7 nitrogen and oxygen atoms in total. The van der Waals surface area contributed by atoms with Gasteiger partial charge in [0.1, 0.15) is 0 Å². The van der Waals surface area contributed by atoms with Crippen LogP contribution in [0.2, 0.25) is 0 Å². The first kappa shape index (κ1) is 13.7. The van der Waals surface area contributed by atoms with E-state index in [9.17, 15) is 9.59 Å². The van der Waals surface area contributed by atoms with E-state index < -0.39 is 5.97 Å². The van der Waals surface area contributed by atoms with Crippen LogP contribution in [0, 0.1) is 0 Å². The van der Waals surface area contributed by atoms with Crippen molar-refractivity contribution in [2.45, 2.75) is 6.92 Å². The minimum Gasteiger partial charge on any atom is -0.478 e. The van der Waals surface area contributed by atoms with Crippen LogP contribution in [0.4, 0.5) is 5.69 Å². The van der Waals surface area contributed by atoms with Crippen LogP contribution in [0.15, 0.2) is 42.7 Å². The quantitative estimate of drug-likeness (QED) is 0.771. The minimum atomic E-state index is -1.06. The highest BCUT2D eigenvalue weighted by molar-refractivity contribution is 5.89. The van der Waals surface area contributed by atoms with Gasteiger partial charge in [-0.15, -0.1) is 0 Å². The highest BCUT2D eigenvalue weighted by Gasteiger charge is 2.09. The summed E-state index contributed by atoms with van der Waals surface area (Å²) in [6.07, 6.45) is 2.70. The van der Waals surface area contributed by atoms with E-state index in [4.69, 9.17) is 5.11 Å². The maximum absolute atomic E-state index is 11.1. The molecule has 0 aliphatic heterocycles. The number of nitrogens with one attached hydrogen (secondary N) is 1. The van der Waals surface area contributed by atoms with Crippen LogP contribution in [0.5, 0.6) is 0 Å². The molecule has 0 spiro atoms. The SMILES string of the molecule is CC(=O)Nc1cccc(-c2cc3ncc(C(=O)O)cn3n2)c1. The second kappa shape index (κ2) is 5.28. The number of rotatable bonds is 3. The molecule has 7 heteroatoms. The van der Waals surface area contributed by atoms with Crippen LogP contribution in [-0.2, 0) is 4.79 Å². The fourth-order valence-corrected chi connectivity index (χ4v) is 2.09. The van der Waals surface area contributed by atoms with Gasteiger partial charge in [0.25, 0.3) is 0 Å². The molecule has 0 unspecified atom stereocenters. The lowest BCUT2D eigenvalue weighted by Gasteiger charge is -2.03. The third kappa shape index (κ3) is 2.64. The van der Waals surface area contributed by atoms with Gasteiger partial charge in [-0.05, 0) is 12.1 Å². The van der Waals surface area contributed by atoms with E-state index in [0.717, 1.165) is 5.56 Å². The first-order chi connectivity index (χ1) is 10.5. The third-order valence-corrected chi connectivity index (χ3v) is 3.04. The molecule has 3 aromatic rings. The predicted octanol–water partition coefficient (Wildman–Crippen LogP) is 2.05. The molecular formula is C15H12N4O3. The third-order valence-electron chi connectivity index (χ3n) is 3.04. The number of carboxylic acids is 1. The Morgan fingerprint density at radius 2 is 2.09 bits per heavy atom. The Labute approximate surface area is 125 Å². The van der Waals surface area contributed by atoms with E-state index in [1.54, 1.807) is 24.3 Å². The molecule has 1 amide bonds. The van der Waals surface area contributed by atoms with Crippen LogP contribution in [0.1, 0.15) is 17.3 Å². The van der Waals surface area contributed by atoms with E-state index in [2.05, 4.69) is 15.4 Å². The highest BCUT2D eigenvalue weighted by atomic mass is 16.4. The Morgan fingerprint density at radius 3 is 2.82 bits per heavy atom. The summed E-state index contributed by atoms with van der Waals surface area (Å²) in [6.45, 7) is 1.44. The topological polar surface area (TPSA) is 96.6 Å². The van der Waals surface area contributed by atoms with Gasteiger partial charge >= 0.3 is 5.97 Å². The Balaban J connectivity index is 2.03. The van der Waals surface area contributed by atoms with Crippen molar-refractivity contribution in [1.29, 1.82) is 0 Å². The van der Waals surface area contributed by atoms with Crippen molar-refractivity contribution in [1.82, 2.24) is 14.6 Å². The predicted molar refractivity (Wildman–Crippen MR) is 79.7 cm³/mol. The van der Waals surface area contributed by atoms with Gasteiger partial charge in [0.15, 0.2) is 5.65 Å². The fourth-order valence-electron chi connectivity index (χ4n) is 2.09. The average Bonchev–Trinajstić information content (AvgIpc) is 2.89. The van der Waals surface area contributed by atoms with Crippen molar-refractivity contribution < 1.29 is 14.7 Å². The highest BCUT2D eigenvalue weighted by Crippen LogP contribution is 2.22. The number of nitrogens with zero attached hydrogens (tertiary/aromatic N) is 3. The summed E-state index contributed by atoms with van der Waals surface area (Å²) in [4.78, 5) is 26.1. The summed E-state index contributed by atoms with van der Waals surface area (Å²) in [6, 6.07) is 8.98. The molecule has 0 saturated carbocycles. The van der Waals surface area contributed by atoms with Gasteiger partial charge in [-0.2, -0.15) is 5.10 Å². The number of fused-ring (bicyclic) bond motifs is 1. The van der Waals surface area contributed by atoms with Gasteiger partial charge in [-0.1, -0.05) is 12.1 Å². The summed E-state index contributed by atoms with van der Waals surface area (Å²) >= 11 is 0. The number of anilines is 1. The molecule has 0 saturated heterocycles. The largest absolute Gasteiger partial charge is 0.478 e. The van der Waals surface area contributed by atoms with Crippen molar-refractivity contribution in [2.24, 2.45) is 0 Å². The van der Waals surface area contributed by atoms with E-state index in [1.807, 2.05) is 6.07 Å². The molecule has 0 aliphatic rings. The number of hydrogen-bond donors (Lipinski definition) is 2. The van der Waals surface area contributed by atoms with E-state index in [-0.39, 0.29) is 11.5 Å². The van der Waals surface area contributed by atoms with Crippen molar-refractivity contribution in [3.8, 4) is 11.3 Å². The van der Waals surface area contributed by atoms with Gasteiger partial charge < -0.3 is 10.4 Å². The minimum absolute atomic E-state index is 0.0640. The molecule has 2 aromatic heterocycles. The zero-order valence-corrected chi connectivity index (χ0v) is 11.6. The lowest BCUT2D eigenvalue weighted by Crippen LogP contribution is -2.05. The molecular weight excluding hydrogens is 284 g/mol. The number of carbonyl (C=O) groups excluding carboxylic acids is 1. The summed E-state index contributed by atoms with van der Waals surface area (Å²) in [7, 11) is 0. The maximum atomic E-state index is 11.1. The van der Waals surface area contributed by atoms with Crippen LogP contribution in [-0.4, -0.2) is 31.6 Å². The lowest BCUT2D eigenvalue weighted by atomic mass is 10.1. The standard InChI is InChI=1S/C15H12N4O3/c1-9(20)17-12-4-2-3-10(5-12)13-6-14-16-7-11(15(21)22)8-19(14)18-13/h2-8H,1H3,(H,17,20)(H,21,22). The first-order valence-corrected chi connectivity index (χ1v) is 6.50. The molecule has 2 heterocycles. The van der Waals surface area contributed by atoms with Gasteiger partial charge in [0.05, 0.1) is 11.3 Å². The van der Waals surface area contributed by atoms with Crippen LogP contribution >= 0.6 is 0 Å². The summed E-state index contributed by atoms with van der Waals surface area (Å²) in [5.74, 6) is -1.21. The van der Waals surface area contributed by atoms with Crippen LogP contribution < -0.4 is 5.32 Å². The van der Waals surface area contributed by atoms with Gasteiger partial charge in [0.2, 0.25) is 5.91 Å². The normalized spacial score (nSPS) is 10.6. The second-order valence-electron chi connectivity index (χ2n) is 4.74. The van der Waals surface area contributed by atoms with Crippen molar-refractivity contribution in [2.75, 3.05) is 5.32 Å². The van der Waals surface area contributed by atoms with Gasteiger partial charge in [-0.25, -0.2) is 14.3 Å². The zero-order chi connectivity index (χ0) is 15.7. The summed E-state index contributed by atoms with van der Waals surface area (Å²) < 4.78 is 1.42. The molecule has 0 fully saturated rings. The molecule has 0 atom stereocenters. The van der Waals surface area contributed by atoms with Crippen LogP contribution in [0.3, 0.4) is 0 Å². The number of aromatic nitrogens is 3. The van der Waals surface area contributed by atoms with E-state index in [1.165, 1.54) is 23.8 Å². The van der Waals surface area contributed by atoms with E-state index in [0.29, 0.717) is 17.0 Å². The lowest BCUT2D eigenvalue weighted by molar-refractivity contribution is -0.114. The van der Waals surface area contributed by atoms with Gasteiger partial charge in [-0.3, -0.25) is 4.79 Å². The number of aromatic carboxylic acids is 1. The summed E-state index contributed by atoms with van der Waals surface area (Å²) in [5.41, 5.74) is 2.72. The molecule has 110 valence electrons. The number of hydrogen-bond acceptors (Lipinski definition) is 4. The molecule has 2 N–H and O–H groups in total. The van der Waals surface area contributed by atoms with Crippen molar-refractivity contribution in [3.63, 3.8) is 0 Å². The molecule has 1 aromatic carbocycles. The average molecular weight is 296 g/mol. The Bertz CT molecular complexity index is 885. The molecule has 22 heavy (non-hydrogen) atoms. The molecule has 3 rings (SSSR count). The second-order valence-corrected chi connectivity index (χ2v) is 4.74. The van der Waals surface area contributed by atoms with Crippen molar-refractivity contribution >= 4 is 23.2 Å². The smallest absolute Gasteiger partial charge is 0.338 e. The number of benzene rings is 1. The summed E-state index contributed by atoms with van der Waals surface area (Å²) in [5, 5.41) is 16.0. The Hall–Kier alpha value is -3.22. The molecule has 0 radical (unpaired) electrons. The Morgan fingerprint density at radius 1 is 1.27 bits per heavy atom. The molecule has 0 bridgehead atoms.